The number of hydrogen-bond acceptors (Lipinski definition) is 2. The first-order valence-corrected chi connectivity index (χ1v) is 4.66. The molecule has 1 N–H and O–H groups in total. The van der Waals surface area contributed by atoms with Crippen molar-refractivity contribution >= 4 is 11.8 Å². The fourth-order valence-corrected chi connectivity index (χ4v) is 3.21. The molecule has 2 bridgehead atoms. The molecule has 0 spiro atoms. The lowest BCUT2D eigenvalue weighted by molar-refractivity contribution is -0.127. The second-order valence-electron chi connectivity index (χ2n) is 4.59. The van der Waals surface area contributed by atoms with Crippen molar-refractivity contribution in [2.45, 2.75) is 13.3 Å². The Labute approximate surface area is 76.2 Å². The molecule has 3 heteroatoms. The van der Waals surface area contributed by atoms with E-state index in [1.165, 1.54) is 0 Å². The summed E-state index contributed by atoms with van der Waals surface area (Å²) in [4.78, 5) is 22.9. The van der Waals surface area contributed by atoms with Gasteiger partial charge in [-0.1, -0.05) is 19.1 Å². The molecule has 0 aromatic rings. The maximum atomic E-state index is 11.5. The van der Waals surface area contributed by atoms with Crippen LogP contribution in [0.25, 0.3) is 0 Å². The lowest BCUT2D eigenvalue weighted by Gasteiger charge is -2.24. The first kappa shape index (κ1) is 7.30. The minimum atomic E-state index is -0.0880. The van der Waals surface area contributed by atoms with Crippen LogP contribution in [0.1, 0.15) is 13.3 Å². The zero-order valence-electron chi connectivity index (χ0n) is 7.41. The molecular weight excluding hydrogens is 166 g/mol. The van der Waals surface area contributed by atoms with Crippen LogP contribution >= 0.6 is 0 Å². The lowest BCUT2D eigenvalue weighted by atomic mass is 9.76. The van der Waals surface area contributed by atoms with E-state index in [-0.39, 0.29) is 29.1 Å². The summed E-state index contributed by atoms with van der Waals surface area (Å²) < 4.78 is 0. The van der Waals surface area contributed by atoms with Crippen LogP contribution in [0.4, 0.5) is 0 Å². The molecule has 1 aliphatic heterocycles. The van der Waals surface area contributed by atoms with Crippen LogP contribution in [-0.2, 0) is 9.59 Å². The average Bonchev–Trinajstić information content (AvgIpc) is 2.62. The van der Waals surface area contributed by atoms with Crippen molar-refractivity contribution in [3.63, 3.8) is 0 Å². The first-order chi connectivity index (χ1) is 6.12. The van der Waals surface area contributed by atoms with E-state index in [4.69, 9.17) is 0 Å². The Hall–Kier alpha value is -1.12. The molecule has 2 fully saturated rings. The number of rotatable bonds is 0. The molecule has 0 radical (unpaired) electrons. The van der Waals surface area contributed by atoms with Crippen LogP contribution in [0.5, 0.6) is 0 Å². The summed E-state index contributed by atoms with van der Waals surface area (Å²) >= 11 is 0. The number of imide groups is 1. The van der Waals surface area contributed by atoms with Gasteiger partial charge in [0.25, 0.3) is 0 Å². The van der Waals surface area contributed by atoms with E-state index in [1.807, 2.05) is 0 Å². The van der Waals surface area contributed by atoms with Crippen LogP contribution in [-0.4, -0.2) is 11.8 Å². The topological polar surface area (TPSA) is 46.2 Å². The maximum Gasteiger partial charge on any atom is 0.231 e. The van der Waals surface area contributed by atoms with Gasteiger partial charge in [-0.2, -0.15) is 0 Å². The number of carbonyl (C=O) groups excluding carboxylic acids is 2. The van der Waals surface area contributed by atoms with Gasteiger partial charge in [-0.05, 0) is 17.8 Å². The van der Waals surface area contributed by atoms with Gasteiger partial charge in [-0.3, -0.25) is 14.9 Å². The maximum absolute atomic E-state index is 11.5. The third-order valence-corrected chi connectivity index (χ3v) is 3.76. The Morgan fingerprint density at radius 1 is 1.46 bits per heavy atom. The number of amides is 2. The van der Waals surface area contributed by atoms with Crippen LogP contribution in [0.2, 0.25) is 0 Å². The number of carbonyl (C=O) groups is 2. The molecule has 1 saturated carbocycles. The van der Waals surface area contributed by atoms with Gasteiger partial charge in [0.1, 0.15) is 0 Å². The van der Waals surface area contributed by atoms with E-state index >= 15 is 0 Å². The van der Waals surface area contributed by atoms with E-state index in [2.05, 4.69) is 24.4 Å². The number of allylic oxidation sites excluding steroid dienone is 2. The predicted octanol–water partition coefficient (Wildman–Crippen LogP) is 0.471. The van der Waals surface area contributed by atoms with Crippen molar-refractivity contribution in [2.24, 2.45) is 23.2 Å². The molecule has 4 atom stereocenters. The summed E-state index contributed by atoms with van der Waals surface area (Å²) in [6.07, 6.45) is 5.18. The molecule has 1 heterocycles. The summed E-state index contributed by atoms with van der Waals surface area (Å²) in [5.74, 6) is 0.0244. The molecule has 0 aromatic heterocycles. The second-order valence-corrected chi connectivity index (χ2v) is 4.59. The van der Waals surface area contributed by atoms with Gasteiger partial charge in [-0.25, -0.2) is 0 Å². The molecule has 3 aliphatic rings. The Morgan fingerprint density at radius 2 is 2.23 bits per heavy atom. The highest BCUT2D eigenvalue weighted by molar-refractivity contribution is 6.06. The molecule has 3 nitrogen and oxygen atoms in total. The normalized spacial score (nSPS) is 51.3. The molecule has 68 valence electrons. The van der Waals surface area contributed by atoms with Crippen LogP contribution in [0.15, 0.2) is 12.2 Å². The van der Waals surface area contributed by atoms with Crippen LogP contribution in [0.3, 0.4) is 0 Å². The fraction of sp³-hybridized carbons (Fsp3) is 0.600. The molecule has 1 saturated heterocycles. The standard InChI is InChI=1S/C10H11NO2/c1-10-3-2-5(4-10)6-7(10)9(13)11-8(6)12/h2-3,5-7H,4H2,1H3,(H,11,12,13). The second kappa shape index (κ2) is 1.86. The van der Waals surface area contributed by atoms with Gasteiger partial charge in [0.2, 0.25) is 11.8 Å². The number of nitrogens with one attached hydrogen (secondary N) is 1. The summed E-state index contributed by atoms with van der Waals surface area (Å²) in [5, 5.41) is 2.43. The summed E-state index contributed by atoms with van der Waals surface area (Å²) in [6, 6.07) is 0. The van der Waals surface area contributed by atoms with Crippen molar-refractivity contribution in [3.05, 3.63) is 12.2 Å². The molecule has 2 amide bonds. The Morgan fingerprint density at radius 3 is 2.92 bits per heavy atom. The molecule has 13 heavy (non-hydrogen) atoms. The highest BCUT2D eigenvalue weighted by Gasteiger charge is 2.61. The van der Waals surface area contributed by atoms with E-state index < -0.39 is 0 Å². The van der Waals surface area contributed by atoms with Gasteiger partial charge in [0.15, 0.2) is 0 Å². The van der Waals surface area contributed by atoms with E-state index in [1.54, 1.807) is 0 Å². The summed E-state index contributed by atoms with van der Waals surface area (Å²) in [5.41, 5.74) is -0.0500. The largest absolute Gasteiger partial charge is 0.296 e. The third kappa shape index (κ3) is 0.666. The van der Waals surface area contributed by atoms with Crippen molar-refractivity contribution in [1.29, 1.82) is 0 Å². The Kier molecular flexibility index (Phi) is 1.05. The Balaban J connectivity index is 2.13. The van der Waals surface area contributed by atoms with Crippen LogP contribution < -0.4 is 5.32 Å². The summed E-state index contributed by atoms with van der Waals surface area (Å²) in [7, 11) is 0. The van der Waals surface area contributed by atoms with Gasteiger partial charge in [-0.15, -0.1) is 0 Å². The SMILES string of the molecule is CC12C=CC(C1)C1C(=O)NC(=O)C12. The van der Waals surface area contributed by atoms with E-state index in [0.29, 0.717) is 5.92 Å². The number of hydrogen-bond donors (Lipinski definition) is 1. The average molecular weight is 177 g/mol. The lowest BCUT2D eigenvalue weighted by Crippen LogP contribution is -2.30. The zero-order chi connectivity index (χ0) is 9.22. The van der Waals surface area contributed by atoms with Gasteiger partial charge in [0, 0.05) is 0 Å². The minimum Gasteiger partial charge on any atom is -0.296 e. The van der Waals surface area contributed by atoms with Gasteiger partial charge < -0.3 is 0 Å². The van der Waals surface area contributed by atoms with Crippen molar-refractivity contribution in [1.82, 2.24) is 5.32 Å². The highest BCUT2D eigenvalue weighted by atomic mass is 16.2. The van der Waals surface area contributed by atoms with Crippen molar-refractivity contribution in [2.75, 3.05) is 0 Å². The first-order valence-electron chi connectivity index (χ1n) is 4.66. The third-order valence-electron chi connectivity index (χ3n) is 3.76. The molecule has 0 aromatic carbocycles. The zero-order valence-corrected chi connectivity index (χ0v) is 7.41. The molecular formula is C10H11NO2. The van der Waals surface area contributed by atoms with Crippen LogP contribution in [0, 0.1) is 23.2 Å². The quantitative estimate of drug-likeness (QED) is 0.432. The predicted molar refractivity (Wildman–Crippen MR) is 45.5 cm³/mol. The minimum absolute atomic E-state index is 0.0500. The van der Waals surface area contributed by atoms with Crippen molar-refractivity contribution in [3.8, 4) is 0 Å². The monoisotopic (exact) mass is 177 g/mol. The van der Waals surface area contributed by atoms with E-state index in [0.717, 1.165) is 6.42 Å². The molecule has 3 rings (SSSR count). The van der Waals surface area contributed by atoms with Crippen molar-refractivity contribution < 1.29 is 9.59 Å². The summed E-state index contributed by atoms with van der Waals surface area (Å²) in [6.45, 7) is 2.08. The Bertz CT molecular complexity index is 347. The molecule has 2 aliphatic carbocycles. The fourth-order valence-electron chi connectivity index (χ4n) is 3.21. The van der Waals surface area contributed by atoms with E-state index in [9.17, 15) is 9.59 Å². The van der Waals surface area contributed by atoms with Gasteiger partial charge >= 0.3 is 0 Å². The number of fused-ring (bicyclic) bond motifs is 5. The molecule has 4 unspecified atom stereocenters. The highest BCUT2D eigenvalue weighted by Crippen LogP contribution is 2.57. The van der Waals surface area contributed by atoms with Gasteiger partial charge in [0.05, 0.1) is 11.8 Å². The smallest absolute Gasteiger partial charge is 0.231 e.